The SMILES string of the molecule is NNC(=O)c1ccc(OCCN2CCC(=O)CC2)cc1. The standard InChI is InChI=1S/C14H19N3O3/c15-16-14(19)11-1-3-13(4-2-11)20-10-9-17-7-5-12(18)6-8-17/h1-4H,5-10,15H2,(H,16,19). The van der Waals surface area contributed by atoms with Gasteiger partial charge in [0.15, 0.2) is 0 Å². The first kappa shape index (κ1) is 14.5. The monoisotopic (exact) mass is 277 g/mol. The van der Waals surface area contributed by atoms with Gasteiger partial charge in [0.05, 0.1) is 0 Å². The number of nitrogens with two attached hydrogens (primary N) is 1. The van der Waals surface area contributed by atoms with Crippen molar-refractivity contribution < 1.29 is 14.3 Å². The van der Waals surface area contributed by atoms with E-state index in [0.717, 1.165) is 19.6 Å². The maximum Gasteiger partial charge on any atom is 0.265 e. The fourth-order valence-corrected chi connectivity index (χ4v) is 2.10. The number of nitrogens with one attached hydrogen (secondary N) is 1. The van der Waals surface area contributed by atoms with E-state index in [0.29, 0.717) is 36.5 Å². The van der Waals surface area contributed by atoms with E-state index >= 15 is 0 Å². The molecule has 0 bridgehead atoms. The number of nitrogens with zero attached hydrogens (tertiary/aromatic N) is 1. The summed E-state index contributed by atoms with van der Waals surface area (Å²) in [5, 5.41) is 0. The van der Waals surface area contributed by atoms with E-state index in [1.165, 1.54) is 0 Å². The average Bonchev–Trinajstić information content (AvgIpc) is 2.49. The molecule has 0 saturated carbocycles. The van der Waals surface area contributed by atoms with E-state index in [1.807, 2.05) is 0 Å². The number of hydrogen-bond acceptors (Lipinski definition) is 5. The topological polar surface area (TPSA) is 84.7 Å². The molecule has 108 valence electrons. The minimum Gasteiger partial charge on any atom is -0.492 e. The third-order valence-corrected chi connectivity index (χ3v) is 3.34. The molecule has 0 aromatic heterocycles. The number of hydrazine groups is 1. The highest BCUT2D eigenvalue weighted by atomic mass is 16.5. The first-order chi connectivity index (χ1) is 9.69. The summed E-state index contributed by atoms with van der Waals surface area (Å²) in [5.74, 6) is 5.79. The van der Waals surface area contributed by atoms with Gasteiger partial charge in [0.25, 0.3) is 5.91 Å². The summed E-state index contributed by atoms with van der Waals surface area (Å²) < 4.78 is 5.61. The minimum atomic E-state index is -0.325. The predicted octanol–water partition coefficient (Wildman–Crippen LogP) is 0.334. The largest absolute Gasteiger partial charge is 0.492 e. The maximum atomic E-state index is 11.3. The first-order valence-electron chi connectivity index (χ1n) is 6.67. The molecule has 1 fully saturated rings. The molecule has 1 aliphatic rings. The van der Waals surface area contributed by atoms with Crippen LogP contribution in [0.15, 0.2) is 24.3 Å². The van der Waals surface area contributed by atoms with Crippen LogP contribution < -0.4 is 16.0 Å². The number of piperidine rings is 1. The van der Waals surface area contributed by atoms with Crippen LogP contribution >= 0.6 is 0 Å². The van der Waals surface area contributed by atoms with Gasteiger partial charge >= 0.3 is 0 Å². The molecule has 1 amide bonds. The Labute approximate surface area is 117 Å². The van der Waals surface area contributed by atoms with E-state index in [9.17, 15) is 9.59 Å². The lowest BCUT2D eigenvalue weighted by atomic mass is 10.1. The summed E-state index contributed by atoms with van der Waals surface area (Å²) in [7, 11) is 0. The Morgan fingerprint density at radius 1 is 1.25 bits per heavy atom. The minimum absolute atomic E-state index is 0.325. The van der Waals surface area contributed by atoms with Gasteiger partial charge in [-0.25, -0.2) is 5.84 Å². The molecule has 6 heteroatoms. The Morgan fingerprint density at radius 3 is 2.50 bits per heavy atom. The molecule has 6 nitrogen and oxygen atoms in total. The third-order valence-electron chi connectivity index (χ3n) is 3.34. The molecule has 3 N–H and O–H groups in total. The molecular weight excluding hydrogens is 258 g/mol. The number of amides is 1. The molecule has 0 unspecified atom stereocenters. The van der Waals surface area contributed by atoms with Gasteiger partial charge in [-0.05, 0) is 24.3 Å². The van der Waals surface area contributed by atoms with Gasteiger partial charge < -0.3 is 4.74 Å². The van der Waals surface area contributed by atoms with Gasteiger partial charge in [0, 0.05) is 38.0 Å². The van der Waals surface area contributed by atoms with E-state index in [-0.39, 0.29) is 5.91 Å². The van der Waals surface area contributed by atoms with Crippen molar-refractivity contribution in [3.05, 3.63) is 29.8 Å². The maximum absolute atomic E-state index is 11.3. The lowest BCUT2D eigenvalue weighted by Crippen LogP contribution is -2.36. The molecule has 1 saturated heterocycles. The van der Waals surface area contributed by atoms with Crippen molar-refractivity contribution in [3.63, 3.8) is 0 Å². The number of nitrogen functional groups attached to an aromatic ring is 1. The average molecular weight is 277 g/mol. The number of rotatable bonds is 5. The zero-order valence-corrected chi connectivity index (χ0v) is 11.3. The zero-order chi connectivity index (χ0) is 14.4. The van der Waals surface area contributed by atoms with Gasteiger partial charge in [0.1, 0.15) is 18.1 Å². The van der Waals surface area contributed by atoms with Gasteiger partial charge in [-0.3, -0.25) is 19.9 Å². The Balaban J connectivity index is 1.74. The normalized spacial score (nSPS) is 15.9. The van der Waals surface area contributed by atoms with E-state index < -0.39 is 0 Å². The Morgan fingerprint density at radius 2 is 1.90 bits per heavy atom. The summed E-state index contributed by atoms with van der Waals surface area (Å²) in [6.45, 7) is 3.00. The van der Waals surface area contributed by atoms with Crippen LogP contribution in [-0.4, -0.2) is 42.8 Å². The van der Waals surface area contributed by atoms with Gasteiger partial charge in [-0.15, -0.1) is 0 Å². The molecule has 2 rings (SSSR count). The predicted molar refractivity (Wildman–Crippen MR) is 74.3 cm³/mol. The van der Waals surface area contributed by atoms with Crippen LogP contribution in [0.1, 0.15) is 23.2 Å². The lowest BCUT2D eigenvalue weighted by molar-refractivity contribution is -0.121. The fourth-order valence-electron chi connectivity index (χ4n) is 2.10. The smallest absolute Gasteiger partial charge is 0.265 e. The summed E-state index contributed by atoms with van der Waals surface area (Å²) in [4.78, 5) is 24.6. The lowest BCUT2D eigenvalue weighted by Gasteiger charge is -2.25. The molecular formula is C14H19N3O3. The van der Waals surface area contributed by atoms with Gasteiger partial charge in [-0.1, -0.05) is 0 Å². The van der Waals surface area contributed by atoms with Crippen LogP contribution in [0, 0.1) is 0 Å². The van der Waals surface area contributed by atoms with Crippen LogP contribution in [0.5, 0.6) is 5.75 Å². The second kappa shape index (κ2) is 7.02. The van der Waals surface area contributed by atoms with E-state index in [1.54, 1.807) is 24.3 Å². The number of Topliss-reactive ketones (excluding diaryl/α,β-unsaturated/α-hetero) is 1. The second-order valence-electron chi connectivity index (χ2n) is 4.73. The summed E-state index contributed by atoms with van der Waals surface area (Å²) in [5.41, 5.74) is 2.57. The van der Waals surface area contributed by atoms with Crippen molar-refractivity contribution >= 4 is 11.7 Å². The van der Waals surface area contributed by atoms with Crippen molar-refractivity contribution in [2.75, 3.05) is 26.2 Å². The highest BCUT2D eigenvalue weighted by Crippen LogP contribution is 2.12. The zero-order valence-electron chi connectivity index (χ0n) is 11.3. The van der Waals surface area contributed by atoms with Crippen LogP contribution in [0.2, 0.25) is 0 Å². The Kier molecular flexibility index (Phi) is 5.09. The van der Waals surface area contributed by atoms with Gasteiger partial charge in [0.2, 0.25) is 0 Å². The molecule has 0 radical (unpaired) electrons. The van der Waals surface area contributed by atoms with E-state index in [2.05, 4.69) is 10.3 Å². The molecule has 1 aromatic carbocycles. The highest BCUT2D eigenvalue weighted by Gasteiger charge is 2.15. The molecule has 1 heterocycles. The highest BCUT2D eigenvalue weighted by molar-refractivity contribution is 5.93. The summed E-state index contributed by atoms with van der Waals surface area (Å²) in [6.07, 6.45) is 1.28. The molecule has 0 atom stereocenters. The second-order valence-corrected chi connectivity index (χ2v) is 4.73. The molecule has 1 aromatic rings. The van der Waals surface area contributed by atoms with Crippen molar-refractivity contribution in [2.24, 2.45) is 5.84 Å². The van der Waals surface area contributed by atoms with E-state index in [4.69, 9.17) is 10.6 Å². The molecule has 1 aliphatic heterocycles. The van der Waals surface area contributed by atoms with Gasteiger partial charge in [-0.2, -0.15) is 0 Å². The van der Waals surface area contributed by atoms with Crippen LogP contribution in [0.25, 0.3) is 0 Å². The van der Waals surface area contributed by atoms with Crippen LogP contribution in [0.4, 0.5) is 0 Å². The fraction of sp³-hybridized carbons (Fsp3) is 0.429. The number of hydrogen-bond donors (Lipinski definition) is 2. The Bertz CT molecular complexity index is 463. The van der Waals surface area contributed by atoms with Crippen molar-refractivity contribution in [2.45, 2.75) is 12.8 Å². The molecule has 20 heavy (non-hydrogen) atoms. The first-order valence-corrected chi connectivity index (χ1v) is 6.67. The van der Waals surface area contributed by atoms with Crippen LogP contribution in [-0.2, 0) is 4.79 Å². The third kappa shape index (κ3) is 4.04. The summed E-state index contributed by atoms with van der Waals surface area (Å²) >= 11 is 0. The van der Waals surface area contributed by atoms with Crippen molar-refractivity contribution in [1.29, 1.82) is 0 Å². The number of likely N-dealkylation sites (tertiary alicyclic amines) is 1. The quantitative estimate of drug-likeness (QED) is 0.460. The van der Waals surface area contributed by atoms with Crippen molar-refractivity contribution in [3.8, 4) is 5.75 Å². The van der Waals surface area contributed by atoms with Crippen LogP contribution in [0.3, 0.4) is 0 Å². The number of ether oxygens (including phenoxy) is 1. The molecule has 0 spiro atoms. The molecule has 0 aliphatic carbocycles. The summed E-state index contributed by atoms with van der Waals surface area (Å²) in [6, 6.07) is 6.81. The number of carbonyl (C=O) groups is 2. The number of benzene rings is 1. The van der Waals surface area contributed by atoms with Crippen molar-refractivity contribution in [1.82, 2.24) is 10.3 Å². The number of carbonyl (C=O) groups excluding carboxylic acids is 2. The number of ketones is 1. The Hall–Kier alpha value is -1.92.